The lowest BCUT2D eigenvalue weighted by Gasteiger charge is -2.17. The molecular formula is C12H15FN2O2. The molecule has 1 aromatic rings. The van der Waals surface area contributed by atoms with Gasteiger partial charge in [0.05, 0.1) is 6.61 Å². The Morgan fingerprint density at radius 3 is 3.12 bits per heavy atom. The van der Waals surface area contributed by atoms with Gasteiger partial charge in [-0.3, -0.25) is 4.79 Å². The average molecular weight is 238 g/mol. The molecule has 0 atom stereocenters. The van der Waals surface area contributed by atoms with Crippen LogP contribution in [-0.2, 0) is 16.0 Å². The lowest BCUT2D eigenvalue weighted by Crippen LogP contribution is -2.33. The molecular weight excluding hydrogens is 223 g/mol. The van der Waals surface area contributed by atoms with E-state index in [4.69, 9.17) is 10.5 Å². The molecule has 17 heavy (non-hydrogen) atoms. The molecule has 1 aliphatic rings. The number of rotatable bonds is 4. The summed E-state index contributed by atoms with van der Waals surface area (Å²) in [6, 6.07) is 4.53. The molecule has 4 nitrogen and oxygen atoms in total. The van der Waals surface area contributed by atoms with Crippen LogP contribution in [0.3, 0.4) is 0 Å². The van der Waals surface area contributed by atoms with Gasteiger partial charge in [-0.15, -0.1) is 0 Å². The van der Waals surface area contributed by atoms with E-state index in [2.05, 4.69) is 0 Å². The number of nitrogens with zero attached hydrogens (tertiary/aromatic N) is 1. The van der Waals surface area contributed by atoms with E-state index >= 15 is 0 Å². The number of fused-ring (bicyclic) bond motifs is 1. The summed E-state index contributed by atoms with van der Waals surface area (Å²) in [6.45, 7) is 1.32. The van der Waals surface area contributed by atoms with Crippen molar-refractivity contribution < 1.29 is 13.9 Å². The van der Waals surface area contributed by atoms with Gasteiger partial charge in [-0.2, -0.15) is 0 Å². The first-order valence-corrected chi connectivity index (χ1v) is 5.59. The second-order valence-electron chi connectivity index (χ2n) is 3.91. The van der Waals surface area contributed by atoms with Crippen molar-refractivity contribution in [1.29, 1.82) is 0 Å². The molecule has 0 fully saturated rings. The van der Waals surface area contributed by atoms with Crippen molar-refractivity contribution >= 4 is 11.6 Å². The zero-order valence-electron chi connectivity index (χ0n) is 9.49. The third kappa shape index (κ3) is 2.62. The van der Waals surface area contributed by atoms with Crippen molar-refractivity contribution in [3.8, 4) is 0 Å². The lowest BCUT2D eigenvalue weighted by atomic mass is 10.2. The maximum Gasteiger partial charge on any atom is 0.252 e. The molecule has 1 amide bonds. The molecule has 0 spiro atoms. The van der Waals surface area contributed by atoms with Gasteiger partial charge in [0, 0.05) is 18.8 Å². The number of amides is 1. The zero-order chi connectivity index (χ0) is 12.3. The summed E-state index contributed by atoms with van der Waals surface area (Å²) in [6.07, 6.45) is 0.762. The highest BCUT2D eigenvalue weighted by molar-refractivity contribution is 5.96. The highest BCUT2D eigenvalue weighted by atomic mass is 19.1. The van der Waals surface area contributed by atoms with E-state index in [1.165, 1.54) is 12.1 Å². The number of carbonyl (C=O) groups excluding carboxylic acids is 1. The first-order valence-electron chi connectivity index (χ1n) is 5.59. The van der Waals surface area contributed by atoms with Crippen LogP contribution in [0.2, 0.25) is 0 Å². The minimum Gasteiger partial charge on any atom is -0.370 e. The van der Waals surface area contributed by atoms with Gasteiger partial charge in [0.25, 0.3) is 5.91 Å². The van der Waals surface area contributed by atoms with Crippen LogP contribution in [0.1, 0.15) is 5.56 Å². The third-order valence-electron chi connectivity index (χ3n) is 2.73. The molecule has 0 aliphatic carbocycles. The van der Waals surface area contributed by atoms with Crippen molar-refractivity contribution in [2.75, 3.05) is 31.2 Å². The standard InChI is InChI=1S/C12H15FN2O2/c13-10-2-1-9-3-5-15(11(9)7-10)12(16)8-17-6-4-14/h1-2,7H,3-6,8,14H2. The monoisotopic (exact) mass is 238 g/mol. The molecule has 2 rings (SSSR count). The van der Waals surface area contributed by atoms with Crippen LogP contribution in [0, 0.1) is 5.82 Å². The molecule has 0 bridgehead atoms. The second kappa shape index (κ2) is 5.25. The number of hydrogen-bond donors (Lipinski definition) is 1. The lowest BCUT2D eigenvalue weighted by molar-refractivity contribution is -0.122. The first-order chi connectivity index (χ1) is 8.22. The molecule has 5 heteroatoms. The summed E-state index contributed by atoms with van der Waals surface area (Å²) in [5.74, 6) is -0.478. The predicted octanol–water partition coefficient (Wildman–Crippen LogP) is 0.690. The molecule has 0 unspecified atom stereocenters. The Balaban J connectivity index is 2.05. The van der Waals surface area contributed by atoms with E-state index in [1.807, 2.05) is 0 Å². The van der Waals surface area contributed by atoms with Crippen molar-refractivity contribution in [2.24, 2.45) is 5.73 Å². The summed E-state index contributed by atoms with van der Waals surface area (Å²) in [4.78, 5) is 13.4. The predicted molar refractivity (Wildman–Crippen MR) is 62.3 cm³/mol. The van der Waals surface area contributed by atoms with Crippen molar-refractivity contribution in [2.45, 2.75) is 6.42 Å². The number of carbonyl (C=O) groups is 1. The number of anilines is 1. The van der Waals surface area contributed by atoms with E-state index in [-0.39, 0.29) is 18.3 Å². The zero-order valence-corrected chi connectivity index (χ0v) is 9.49. The van der Waals surface area contributed by atoms with E-state index in [0.717, 1.165) is 12.0 Å². The van der Waals surface area contributed by atoms with E-state index in [0.29, 0.717) is 25.4 Å². The largest absolute Gasteiger partial charge is 0.370 e. The van der Waals surface area contributed by atoms with E-state index in [1.54, 1.807) is 11.0 Å². The Kier molecular flexibility index (Phi) is 3.71. The van der Waals surface area contributed by atoms with Gasteiger partial charge in [-0.1, -0.05) is 6.07 Å². The summed E-state index contributed by atoms with van der Waals surface area (Å²) >= 11 is 0. The Hall–Kier alpha value is -1.46. The fourth-order valence-corrected chi connectivity index (χ4v) is 1.93. The minimum absolute atomic E-state index is 0.00679. The number of halogens is 1. The highest BCUT2D eigenvalue weighted by Crippen LogP contribution is 2.28. The van der Waals surface area contributed by atoms with Crippen molar-refractivity contribution in [1.82, 2.24) is 0 Å². The molecule has 0 saturated heterocycles. The van der Waals surface area contributed by atoms with Crippen LogP contribution in [0.15, 0.2) is 18.2 Å². The van der Waals surface area contributed by atoms with Crippen LogP contribution in [-0.4, -0.2) is 32.2 Å². The van der Waals surface area contributed by atoms with Crippen LogP contribution < -0.4 is 10.6 Å². The summed E-state index contributed by atoms with van der Waals surface area (Å²) < 4.78 is 18.2. The van der Waals surface area contributed by atoms with Crippen LogP contribution in [0.25, 0.3) is 0 Å². The fraction of sp³-hybridized carbons (Fsp3) is 0.417. The number of nitrogens with two attached hydrogens (primary N) is 1. The molecule has 1 heterocycles. The van der Waals surface area contributed by atoms with Gasteiger partial charge >= 0.3 is 0 Å². The maximum atomic E-state index is 13.1. The Labute approximate surface area is 99.2 Å². The van der Waals surface area contributed by atoms with Gasteiger partial charge in [-0.05, 0) is 24.1 Å². The Morgan fingerprint density at radius 2 is 2.35 bits per heavy atom. The molecule has 2 N–H and O–H groups in total. The highest BCUT2D eigenvalue weighted by Gasteiger charge is 2.24. The average Bonchev–Trinajstić information content (AvgIpc) is 2.72. The fourth-order valence-electron chi connectivity index (χ4n) is 1.93. The van der Waals surface area contributed by atoms with Gasteiger partial charge in [-0.25, -0.2) is 4.39 Å². The van der Waals surface area contributed by atoms with E-state index < -0.39 is 0 Å². The maximum absolute atomic E-state index is 13.1. The summed E-state index contributed by atoms with van der Waals surface area (Å²) in [5, 5.41) is 0. The van der Waals surface area contributed by atoms with Gasteiger partial charge in [0.15, 0.2) is 0 Å². The second-order valence-corrected chi connectivity index (χ2v) is 3.91. The third-order valence-corrected chi connectivity index (χ3v) is 2.73. The van der Waals surface area contributed by atoms with Crippen LogP contribution in [0.5, 0.6) is 0 Å². The summed E-state index contributed by atoms with van der Waals surface area (Å²) in [5.41, 5.74) is 6.92. The number of ether oxygens (including phenoxy) is 1. The van der Waals surface area contributed by atoms with E-state index in [9.17, 15) is 9.18 Å². The molecule has 1 aliphatic heterocycles. The molecule has 0 aromatic heterocycles. The first kappa shape index (κ1) is 12.0. The van der Waals surface area contributed by atoms with Gasteiger partial charge < -0.3 is 15.4 Å². The van der Waals surface area contributed by atoms with Gasteiger partial charge in [0.2, 0.25) is 0 Å². The van der Waals surface area contributed by atoms with Crippen LogP contribution in [0.4, 0.5) is 10.1 Å². The van der Waals surface area contributed by atoms with Crippen LogP contribution >= 0.6 is 0 Å². The quantitative estimate of drug-likeness (QED) is 0.785. The summed E-state index contributed by atoms with van der Waals surface area (Å²) in [7, 11) is 0. The van der Waals surface area contributed by atoms with Crippen molar-refractivity contribution in [3.63, 3.8) is 0 Å². The topological polar surface area (TPSA) is 55.6 Å². The molecule has 0 radical (unpaired) electrons. The molecule has 92 valence electrons. The number of hydrogen-bond acceptors (Lipinski definition) is 3. The SMILES string of the molecule is NCCOCC(=O)N1CCc2ccc(F)cc21. The molecule has 0 saturated carbocycles. The number of benzene rings is 1. The minimum atomic E-state index is -0.327. The van der Waals surface area contributed by atoms with Gasteiger partial charge in [0.1, 0.15) is 12.4 Å². The Morgan fingerprint density at radius 1 is 1.53 bits per heavy atom. The normalized spacial score (nSPS) is 13.9. The smallest absolute Gasteiger partial charge is 0.252 e. The Bertz CT molecular complexity index is 423. The van der Waals surface area contributed by atoms with Crippen molar-refractivity contribution in [3.05, 3.63) is 29.6 Å². The molecule has 1 aromatic carbocycles.